The van der Waals surface area contributed by atoms with E-state index in [1.165, 1.54) is 11.3 Å². The van der Waals surface area contributed by atoms with Crippen LogP contribution >= 0.6 is 11.3 Å². The molecule has 2 rings (SSSR count). The van der Waals surface area contributed by atoms with Gasteiger partial charge in [0, 0.05) is 10.8 Å². The molecule has 2 aromatic rings. The van der Waals surface area contributed by atoms with E-state index in [4.69, 9.17) is 9.68 Å². The average Bonchev–Trinajstić information content (AvgIpc) is 3.01. The first-order valence-electron chi connectivity index (χ1n) is 6.05. The van der Waals surface area contributed by atoms with Crippen molar-refractivity contribution in [3.63, 3.8) is 0 Å². The molecule has 0 fully saturated rings. The highest BCUT2D eigenvalue weighted by Crippen LogP contribution is 2.21. The number of hydrogen-bond acceptors (Lipinski definition) is 6. The molecule has 0 unspecified atom stereocenters. The summed E-state index contributed by atoms with van der Waals surface area (Å²) in [5, 5.41) is 8.98. The summed E-state index contributed by atoms with van der Waals surface area (Å²) in [5.41, 5.74) is 5.22. The Hall–Kier alpha value is -2.33. The van der Waals surface area contributed by atoms with Gasteiger partial charge in [-0.05, 0) is 19.1 Å². The number of oxazole rings is 1. The first-order valence-corrected chi connectivity index (χ1v) is 6.86. The van der Waals surface area contributed by atoms with Crippen molar-refractivity contribution < 1.29 is 9.21 Å². The van der Waals surface area contributed by atoms with Gasteiger partial charge >= 0.3 is 0 Å². The third-order valence-corrected chi connectivity index (χ3v) is 3.50. The van der Waals surface area contributed by atoms with Gasteiger partial charge in [-0.15, -0.1) is 11.3 Å². The standard InChI is InChI=1S/C13H14N4O2S/c1-7(2)12-15-9(6-14)13(19-12)17-16-11(18)10-5-4-8(3)20-10/h4-5,7,17H,1-3H3,(H,16,18). The van der Waals surface area contributed by atoms with E-state index in [1.54, 1.807) is 6.07 Å². The predicted molar refractivity (Wildman–Crippen MR) is 75.5 cm³/mol. The summed E-state index contributed by atoms with van der Waals surface area (Å²) in [4.78, 5) is 17.5. The van der Waals surface area contributed by atoms with Crippen molar-refractivity contribution in [2.45, 2.75) is 26.7 Å². The Morgan fingerprint density at radius 3 is 2.80 bits per heavy atom. The molecule has 7 heteroatoms. The van der Waals surface area contributed by atoms with Crippen LogP contribution in [0.15, 0.2) is 16.5 Å². The van der Waals surface area contributed by atoms with Crippen LogP contribution in [0.2, 0.25) is 0 Å². The highest BCUT2D eigenvalue weighted by Gasteiger charge is 2.16. The van der Waals surface area contributed by atoms with Crippen LogP contribution < -0.4 is 10.9 Å². The van der Waals surface area contributed by atoms with Gasteiger partial charge in [0.25, 0.3) is 11.8 Å². The molecule has 0 saturated heterocycles. The highest BCUT2D eigenvalue weighted by molar-refractivity contribution is 7.13. The molecule has 0 aromatic carbocycles. The zero-order chi connectivity index (χ0) is 14.7. The fourth-order valence-corrected chi connectivity index (χ4v) is 2.24. The van der Waals surface area contributed by atoms with Crippen LogP contribution in [0.25, 0.3) is 0 Å². The Bertz CT molecular complexity index is 666. The first-order chi connectivity index (χ1) is 9.51. The van der Waals surface area contributed by atoms with E-state index in [1.807, 2.05) is 32.9 Å². The molecule has 0 aliphatic heterocycles. The minimum absolute atomic E-state index is 0.0632. The number of hydrazine groups is 1. The quantitative estimate of drug-likeness (QED) is 0.845. The molecule has 104 valence electrons. The maximum absolute atomic E-state index is 11.9. The van der Waals surface area contributed by atoms with Gasteiger partial charge in [-0.2, -0.15) is 5.26 Å². The minimum atomic E-state index is -0.283. The Morgan fingerprint density at radius 2 is 2.25 bits per heavy atom. The number of carbonyl (C=O) groups excluding carboxylic acids is 1. The van der Waals surface area contributed by atoms with Gasteiger partial charge in [-0.25, -0.2) is 4.98 Å². The molecular weight excluding hydrogens is 276 g/mol. The second-order valence-electron chi connectivity index (χ2n) is 4.49. The fraction of sp³-hybridized carbons (Fsp3) is 0.308. The summed E-state index contributed by atoms with van der Waals surface area (Å²) in [6, 6.07) is 5.53. The lowest BCUT2D eigenvalue weighted by Gasteiger charge is -2.04. The molecule has 2 N–H and O–H groups in total. The van der Waals surface area contributed by atoms with Crippen molar-refractivity contribution in [3.05, 3.63) is 33.5 Å². The second-order valence-corrected chi connectivity index (χ2v) is 5.77. The summed E-state index contributed by atoms with van der Waals surface area (Å²) >= 11 is 1.39. The minimum Gasteiger partial charge on any atom is -0.422 e. The number of nitrogens with zero attached hydrogens (tertiary/aromatic N) is 2. The number of nitrogens with one attached hydrogen (secondary N) is 2. The summed E-state index contributed by atoms with van der Waals surface area (Å²) < 4.78 is 5.40. The lowest BCUT2D eigenvalue weighted by molar-refractivity contribution is 0.0965. The number of thiophene rings is 1. The summed E-state index contributed by atoms with van der Waals surface area (Å²) in [6.45, 7) is 5.74. The fourth-order valence-electron chi connectivity index (χ4n) is 1.48. The van der Waals surface area contributed by atoms with Crippen molar-refractivity contribution in [2.24, 2.45) is 0 Å². The van der Waals surface area contributed by atoms with Gasteiger partial charge in [-0.1, -0.05) is 13.8 Å². The third kappa shape index (κ3) is 2.97. The van der Waals surface area contributed by atoms with E-state index in [-0.39, 0.29) is 23.4 Å². The van der Waals surface area contributed by atoms with Crippen molar-refractivity contribution in [1.29, 1.82) is 5.26 Å². The molecule has 0 aliphatic rings. The maximum atomic E-state index is 11.9. The van der Waals surface area contributed by atoms with Gasteiger partial charge in [0.1, 0.15) is 6.07 Å². The first kappa shape index (κ1) is 14.1. The van der Waals surface area contributed by atoms with E-state index in [0.717, 1.165) is 4.88 Å². The van der Waals surface area contributed by atoms with Crippen LogP contribution in [0.1, 0.15) is 45.9 Å². The van der Waals surface area contributed by atoms with Gasteiger partial charge in [-0.3, -0.25) is 15.6 Å². The Kier molecular flexibility index (Phi) is 4.05. The number of rotatable bonds is 4. The molecule has 20 heavy (non-hydrogen) atoms. The summed E-state index contributed by atoms with van der Waals surface area (Å²) in [5.74, 6) is 0.380. The zero-order valence-electron chi connectivity index (χ0n) is 11.4. The summed E-state index contributed by atoms with van der Waals surface area (Å²) in [7, 11) is 0. The second kappa shape index (κ2) is 5.75. The molecule has 0 spiro atoms. The van der Waals surface area contributed by atoms with E-state index >= 15 is 0 Å². The van der Waals surface area contributed by atoms with Crippen LogP contribution in [0.5, 0.6) is 0 Å². The smallest absolute Gasteiger partial charge is 0.279 e. The van der Waals surface area contributed by atoms with Crippen LogP contribution in [-0.4, -0.2) is 10.9 Å². The number of anilines is 1. The maximum Gasteiger partial charge on any atom is 0.279 e. The predicted octanol–water partition coefficient (Wildman–Crippen LogP) is 2.80. The molecule has 6 nitrogen and oxygen atoms in total. The lowest BCUT2D eigenvalue weighted by atomic mass is 10.2. The largest absolute Gasteiger partial charge is 0.422 e. The molecule has 0 radical (unpaired) electrons. The van der Waals surface area contributed by atoms with E-state index < -0.39 is 0 Å². The van der Waals surface area contributed by atoms with Crippen LogP contribution in [0.4, 0.5) is 5.88 Å². The van der Waals surface area contributed by atoms with Crippen LogP contribution in [-0.2, 0) is 0 Å². The summed E-state index contributed by atoms with van der Waals surface area (Å²) in [6.07, 6.45) is 0. The molecule has 0 aliphatic carbocycles. The highest BCUT2D eigenvalue weighted by atomic mass is 32.1. The van der Waals surface area contributed by atoms with Crippen molar-refractivity contribution in [1.82, 2.24) is 10.4 Å². The molecule has 2 aromatic heterocycles. The van der Waals surface area contributed by atoms with E-state index in [2.05, 4.69) is 15.8 Å². The zero-order valence-corrected chi connectivity index (χ0v) is 12.2. The Morgan fingerprint density at radius 1 is 1.50 bits per heavy atom. The molecule has 0 atom stereocenters. The number of aromatic nitrogens is 1. The Labute approximate surface area is 120 Å². The number of hydrogen-bond donors (Lipinski definition) is 2. The molecule has 0 saturated carbocycles. The van der Waals surface area contributed by atoms with Gasteiger partial charge < -0.3 is 4.42 Å². The van der Waals surface area contributed by atoms with Crippen molar-refractivity contribution >= 4 is 23.1 Å². The number of carbonyl (C=O) groups is 1. The molecule has 0 bridgehead atoms. The monoisotopic (exact) mass is 290 g/mol. The number of nitriles is 1. The molecule has 1 amide bonds. The van der Waals surface area contributed by atoms with Crippen LogP contribution in [0.3, 0.4) is 0 Å². The van der Waals surface area contributed by atoms with Gasteiger partial charge in [0.15, 0.2) is 0 Å². The van der Waals surface area contributed by atoms with Gasteiger partial charge in [0.2, 0.25) is 11.6 Å². The normalized spacial score (nSPS) is 10.3. The molecular formula is C13H14N4O2S. The third-order valence-electron chi connectivity index (χ3n) is 2.50. The van der Waals surface area contributed by atoms with E-state index in [0.29, 0.717) is 10.8 Å². The van der Waals surface area contributed by atoms with Crippen LogP contribution in [0, 0.1) is 18.3 Å². The average molecular weight is 290 g/mol. The number of aryl methyl sites for hydroxylation is 1. The Balaban J connectivity index is 2.07. The molecule has 2 heterocycles. The van der Waals surface area contributed by atoms with E-state index in [9.17, 15) is 4.79 Å². The topological polar surface area (TPSA) is 90.9 Å². The lowest BCUT2D eigenvalue weighted by Crippen LogP contribution is -2.28. The number of amides is 1. The van der Waals surface area contributed by atoms with Gasteiger partial charge in [0.05, 0.1) is 4.88 Å². The SMILES string of the molecule is Cc1ccc(C(=O)NNc2oc(C(C)C)nc2C#N)s1. The van der Waals surface area contributed by atoms with Crippen molar-refractivity contribution in [3.8, 4) is 6.07 Å². The van der Waals surface area contributed by atoms with Crippen molar-refractivity contribution in [2.75, 3.05) is 5.43 Å².